The zero-order chi connectivity index (χ0) is 24.6. The summed E-state index contributed by atoms with van der Waals surface area (Å²) in [5, 5.41) is 12.4. The topological polar surface area (TPSA) is 89.3 Å². The van der Waals surface area contributed by atoms with Crippen LogP contribution in [0.4, 0.5) is 5.95 Å². The highest BCUT2D eigenvalue weighted by Crippen LogP contribution is 2.33. The number of ketones is 1. The number of Topliss-reactive ketones (excluding diaryl/α,β-unsaturated/α-hetero) is 1. The van der Waals surface area contributed by atoms with E-state index in [1.807, 2.05) is 53.1 Å². The summed E-state index contributed by atoms with van der Waals surface area (Å²) < 4.78 is 7.63. The van der Waals surface area contributed by atoms with Gasteiger partial charge in [0.2, 0.25) is 11.9 Å². The normalized spacial score (nSPS) is 13.5. The summed E-state index contributed by atoms with van der Waals surface area (Å²) >= 11 is 1.38. The third kappa shape index (κ3) is 6.22. The molecule has 9 heteroatoms. The molecule has 1 aromatic heterocycles. The number of methoxy groups -OCH3 is 1. The number of piperidine rings is 1. The van der Waals surface area contributed by atoms with Crippen LogP contribution >= 0.6 is 11.8 Å². The van der Waals surface area contributed by atoms with Gasteiger partial charge in [0.05, 0.1) is 18.6 Å². The fourth-order valence-electron chi connectivity index (χ4n) is 4.13. The first kappa shape index (κ1) is 24.8. The standard InChI is InChI=1S/C26H31N5O3S/c1-19(32)27-15-14-20-10-12-21(13-11-20)23(33)18-35-26-29-28-25(30-16-6-3-7-17-30)31(26)22-8-4-5-9-24(22)34-2/h4-5,8-13H,3,6-7,14-18H2,1-2H3,(H,27,32). The van der Waals surface area contributed by atoms with Gasteiger partial charge < -0.3 is 15.0 Å². The van der Waals surface area contributed by atoms with E-state index in [2.05, 4.69) is 20.4 Å². The maximum Gasteiger partial charge on any atom is 0.232 e. The molecule has 0 bridgehead atoms. The molecule has 0 spiro atoms. The number of hydrogen-bond donors (Lipinski definition) is 1. The Morgan fingerprint density at radius 2 is 1.77 bits per heavy atom. The van der Waals surface area contributed by atoms with E-state index < -0.39 is 0 Å². The summed E-state index contributed by atoms with van der Waals surface area (Å²) in [7, 11) is 1.65. The number of aromatic nitrogens is 3. The fourth-order valence-corrected chi connectivity index (χ4v) is 4.97. The molecule has 0 aliphatic carbocycles. The van der Waals surface area contributed by atoms with Gasteiger partial charge in [-0.3, -0.25) is 14.2 Å². The molecule has 0 saturated carbocycles. The Labute approximate surface area is 210 Å². The van der Waals surface area contributed by atoms with Crippen LogP contribution in [0.2, 0.25) is 0 Å². The van der Waals surface area contributed by atoms with Gasteiger partial charge in [-0.1, -0.05) is 48.2 Å². The van der Waals surface area contributed by atoms with Crippen LogP contribution in [0.1, 0.15) is 42.1 Å². The monoisotopic (exact) mass is 493 g/mol. The SMILES string of the molecule is COc1ccccc1-n1c(SCC(=O)c2ccc(CCNC(C)=O)cc2)nnc1N1CCCCC1. The van der Waals surface area contributed by atoms with Crippen molar-refractivity contribution in [2.24, 2.45) is 0 Å². The summed E-state index contributed by atoms with van der Waals surface area (Å²) in [6.07, 6.45) is 4.20. The van der Waals surface area contributed by atoms with Gasteiger partial charge in [-0.25, -0.2) is 0 Å². The molecule has 0 radical (unpaired) electrons. The highest BCUT2D eigenvalue weighted by molar-refractivity contribution is 7.99. The van der Waals surface area contributed by atoms with Gasteiger partial charge >= 0.3 is 0 Å². The molecule has 1 saturated heterocycles. The first-order valence-corrected chi connectivity index (χ1v) is 12.9. The molecule has 2 aromatic carbocycles. The number of para-hydroxylation sites is 2. The summed E-state index contributed by atoms with van der Waals surface area (Å²) in [5.41, 5.74) is 2.59. The van der Waals surface area contributed by atoms with Crippen LogP contribution in [-0.2, 0) is 11.2 Å². The minimum atomic E-state index is -0.0433. The molecule has 4 rings (SSSR count). The fraction of sp³-hybridized carbons (Fsp3) is 0.385. The number of ether oxygens (including phenoxy) is 1. The lowest BCUT2D eigenvalue weighted by Gasteiger charge is -2.28. The highest BCUT2D eigenvalue weighted by atomic mass is 32.2. The van der Waals surface area contributed by atoms with Crippen LogP contribution in [0.25, 0.3) is 5.69 Å². The van der Waals surface area contributed by atoms with Gasteiger partial charge in [-0.2, -0.15) is 0 Å². The van der Waals surface area contributed by atoms with Crippen LogP contribution in [0.5, 0.6) is 5.75 Å². The Morgan fingerprint density at radius 3 is 2.49 bits per heavy atom. The quantitative estimate of drug-likeness (QED) is 0.338. The van der Waals surface area contributed by atoms with Crippen LogP contribution in [0, 0.1) is 0 Å². The summed E-state index contributed by atoms with van der Waals surface area (Å²) in [6.45, 7) is 3.95. The minimum Gasteiger partial charge on any atom is -0.495 e. The summed E-state index contributed by atoms with van der Waals surface area (Å²) in [5.74, 6) is 1.75. The molecule has 1 fully saturated rings. The van der Waals surface area contributed by atoms with Gasteiger partial charge in [0, 0.05) is 32.1 Å². The van der Waals surface area contributed by atoms with Gasteiger partial charge in [0.25, 0.3) is 0 Å². The summed E-state index contributed by atoms with van der Waals surface area (Å²) in [4.78, 5) is 26.2. The molecule has 8 nitrogen and oxygen atoms in total. The average Bonchev–Trinajstić information content (AvgIpc) is 3.31. The Hall–Kier alpha value is -3.33. The van der Waals surface area contributed by atoms with E-state index in [1.165, 1.54) is 25.1 Å². The number of thioether (sulfide) groups is 1. The van der Waals surface area contributed by atoms with Crippen LogP contribution in [0.3, 0.4) is 0 Å². The molecule has 35 heavy (non-hydrogen) atoms. The van der Waals surface area contributed by atoms with Gasteiger partial charge in [0.15, 0.2) is 10.9 Å². The maximum atomic E-state index is 12.9. The molecule has 1 aliphatic rings. The molecule has 3 aromatic rings. The number of benzene rings is 2. The number of rotatable bonds is 10. The molecular formula is C26H31N5O3S. The Balaban J connectivity index is 1.50. The number of carbonyl (C=O) groups excluding carboxylic acids is 2. The first-order chi connectivity index (χ1) is 17.1. The Morgan fingerprint density at radius 1 is 1.03 bits per heavy atom. The van der Waals surface area contributed by atoms with Crippen molar-refractivity contribution in [3.8, 4) is 11.4 Å². The molecule has 184 valence electrons. The van der Waals surface area contributed by atoms with Gasteiger partial charge in [-0.15, -0.1) is 10.2 Å². The molecule has 2 heterocycles. The van der Waals surface area contributed by atoms with Crippen molar-refractivity contribution in [1.82, 2.24) is 20.1 Å². The third-order valence-electron chi connectivity index (χ3n) is 5.98. The van der Waals surface area contributed by atoms with Crippen molar-refractivity contribution in [3.05, 3.63) is 59.7 Å². The van der Waals surface area contributed by atoms with Crippen LogP contribution < -0.4 is 15.0 Å². The smallest absolute Gasteiger partial charge is 0.232 e. The van der Waals surface area contributed by atoms with Crippen LogP contribution in [-0.4, -0.2) is 59.0 Å². The van der Waals surface area contributed by atoms with Crippen molar-refractivity contribution < 1.29 is 14.3 Å². The molecule has 0 unspecified atom stereocenters. The van der Waals surface area contributed by atoms with Crippen LogP contribution in [0.15, 0.2) is 53.7 Å². The van der Waals surface area contributed by atoms with Crippen molar-refractivity contribution in [2.75, 3.05) is 37.4 Å². The number of amides is 1. The van der Waals surface area contributed by atoms with E-state index in [-0.39, 0.29) is 17.4 Å². The van der Waals surface area contributed by atoms with E-state index in [4.69, 9.17) is 4.74 Å². The van der Waals surface area contributed by atoms with Gasteiger partial charge in [0.1, 0.15) is 5.75 Å². The number of hydrogen-bond acceptors (Lipinski definition) is 7. The minimum absolute atomic E-state index is 0.0255. The second-order valence-electron chi connectivity index (χ2n) is 8.48. The third-order valence-corrected chi connectivity index (χ3v) is 6.91. The van der Waals surface area contributed by atoms with Crippen molar-refractivity contribution in [3.63, 3.8) is 0 Å². The lowest BCUT2D eigenvalue weighted by Crippen LogP contribution is -2.31. The van der Waals surface area contributed by atoms with Crippen molar-refractivity contribution >= 4 is 29.4 Å². The van der Waals surface area contributed by atoms with Gasteiger partial charge in [-0.05, 0) is 43.4 Å². The molecule has 0 atom stereocenters. The zero-order valence-electron chi connectivity index (χ0n) is 20.2. The van der Waals surface area contributed by atoms with Crippen molar-refractivity contribution in [1.29, 1.82) is 0 Å². The lowest BCUT2D eigenvalue weighted by atomic mass is 10.1. The van der Waals surface area contributed by atoms with Crippen molar-refractivity contribution in [2.45, 2.75) is 37.8 Å². The number of anilines is 1. The van der Waals surface area contributed by atoms with E-state index in [0.29, 0.717) is 17.3 Å². The first-order valence-electron chi connectivity index (χ1n) is 11.9. The molecule has 1 amide bonds. The molecular weight excluding hydrogens is 462 g/mol. The summed E-state index contributed by atoms with van der Waals surface area (Å²) in [6, 6.07) is 15.4. The molecule has 1 aliphatic heterocycles. The number of nitrogens with one attached hydrogen (secondary N) is 1. The second-order valence-corrected chi connectivity index (χ2v) is 9.42. The lowest BCUT2D eigenvalue weighted by molar-refractivity contribution is -0.118. The Kier molecular flexibility index (Phi) is 8.41. The number of carbonyl (C=O) groups is 2. The zero-order valence-corrected chi connectivity index (χ0v) is 21.0. The van der Waals surface area contributed by atoms with E-state index in [0.717, 1.165) is 55.3 Å². The molecule has 1 N–H and O–H groups in total. The van der Waals surface area contributed by atoms with E-state index >= 15 is 0 Å². The second kappa shape index (κ2) is 11.9. The predicted molar refractivity (Wildman–Crippen MR) is 138 cm³/mol. The Bertz CT molecular complexity index is 1160. The maximum absolute atomic E-state index is 12.9. The highest BCUT2D eigenvalue weighted by Gasteiger charge is 2.24. The average molecular weight is 494 g/mol. The van der Waals surface area contributed by atoms with E-state index in [9.17, 15) is 9.59 Å². The number of nitrogens with zero attached hydrogens (tertiary/aromatic N) is 4. The predicted octanol–water partition coefficient (Wildman–Crippen LogP) is 3.92. The van der Waals surface area contributed by atoms with E-state index in [1.54, 1.807) is 7.11 Å². The largest absolute Gasteiger partial charge is 0.495 e.